The summed E-state index contributed by atoms with van der Waals surface area (Å²) < 4.78 is 1.57. The van der Waals surface area contributed by atoms with E-state index in [0.29, 0.717) is 24.4 Å². The molecule has 2 aromatic heterocycles. The van der Waals surface area contributed by atoms with Crippen LogP contribution < -0.4 is 16.2 Å². The van der Waals surface area contributed by atoms with E-state index < -0.39 is 0 Å². The van der Waals surface area contributed by atoms with Crippen LogP contribution in [-0.4, -0.2) is 28.9 Å². The van der Waals surface area contributed by atoms with Crippen LogP contribution >= 0.6 is 0 Å². The van der Waals surface area contributed by atoms with Crippen molar-refractivity contribution in [3.05, 3.63) is 46.0 Å². The number of rotatable bonds is 4. The van der Waals surface area contributed by atoms with Gasteiger partial charge in [-0.05, 0) is 19.1 Å². The molecule has 2 heterocycles. The number of fused-ring (bicyclic) bond motifs is 1. The third-order valence-corrected chi connectivity index (χ3v) is 2.90. The minimum absolute atomic E-state index is 0.0478. The first-order valence-corrected chi connectivity index (χ1v) is 6.12. The molecule has 0 atom stereocenters. The van der Waals surface area contributed by atoms with Crippen LogP contribution in [0, 0.1) is 6.92 Å². The lowest BCUT2D eigenvalue weighted by atomic mass is 10.3. The summed E-state index contributed by atoms with van der Waals surface area (Å²) in [5, 5.41) is 4.36. The molecule has 6 heteroatoms. The summed E-state index contributed by atoms with van der Waals surface area (Å²) in [6.45, 7) is 2.70. The molecule has 2 aromatic rings. The highest BCUT2D eigenvalue weighted by atomic mass is 16.1. The van der Waals surface area contributed by atoms with Crippen molar-refractivity contribution in [1.82, 2.24) is 14.7 Å². The summed E-state index contributed by atoms with van der Waals surface area (Å²) in [7, 11) is 1.60. The monoisotopic (exact) mass is 261 g/mol. The van der Waals surface area contributed by atoms with Crippen LogP contribution in [0.1, 0.15) is 11.4 Å². The molecule has 1 amide bonds. The molecule has 0 saturated heterocycles. The summed E-state index contributed by atoms with van der Waals surface area (Å²) in [5.74, 6) is -0.0478. The molecule has 0 aromatic carbocycles. The fourth-order valence-electron chi connectivity index (χ4n) is 1.92. The summed E-state index contributed by atoms with van der Waals surface area (Å²) in [5.41, 5.74) is 2.08. The zero-order valence-corrected chi connectivity index (χ0v) is 11.0. The number of nitrogens with one attached hydrogen (secondary N) is 1. The smallest absolute Gasteiger partial charge is 0.274 e. The van der Waals surface area contributed by atoms with E-state index in [1.165, 1.54) is 6.07 Å². The Bertz CT molecular complexity index is 663. The Morgan fingerprint density at radius 1 is 1.47 bits per heavy atom. The maximum atomic E-state index is 12.0. The Hall–Kier alpha value is -2.21. The lowest BCUT2D eigenvalue weighted by Crippen LogP contribution is -2.85. The minimum Gasteiger partial charge on any atom is -0.354 e. The first-order chi connectivity index (χ1) is 9.11. The molecule has 0 spiro atoms. The highest BCUT2D eigenvalue weighted by molar-refractivity contribution is 5.76. The molecule has 0 unspecified atom stereocenters. The van der Waals surface area contributed by atoms with Crippen molar-refractivity contribution in [2.75, 3.05) is 13.6 Å². The molecule has 0 saturated carbocycles. The molecular formula is C13H17N4O2+. The zero-order chi connectivity index (χ0) is 13.8. The molecule has 0 fully saturated rings. The van der Waals surface area contributed by atoms with Crippen molar-refractivity contribution < 1.29 is 10.1 Å². The third kappa shape index (κ3) is 2.97. The number of nitrogens with two attached hydrogens (primary N) is 1. The van der Waals surface area contributed by atoms with Crippen LogP contribution in [0.25, 0.3) is 5.65 Å². The average Bonchev–Trinajstić information content (AvgIpc) is 2.38. The van der Waals surface area contributed by atoms with Gasteiger partial charge in [-0.25, -0.2) is 4.98 Å². The Balaban J connectivity index is 2.22. The van der Waals surface area contributed by atoms with E-state index in [0.717, 1.165) is 5.69 Å². The fraction of sp³-hybridized carbons (Fsp3) is 0.308. The highest BCUT2D eigenvalue weighted by Gasteiger charge is 2.06. The largest absolute Gasteiger partial charge is 0.354 e. The molecule has 0 bridgehead atoms. The second-order valence-corrected chi connectivity index (χ2v) is 4.32. The standard InChI is InChI=1S/C13H16N4O2/c1-9-4-3-5-11-16-10(6-13(19)17(9)11)7-15-8-12(18)14-2/h3-6,15H,7-8H2,1-2H3,(H,14,18)/p+1. The van der Waals surface area contributed by atoms with Crippen molar-refractivity contribution in [2.45, 2.75) is 13.5 Å². The molecule has 0 aliphatic carbocycles. The summed E-state index contributed by atoms with van der Waals surface area (Å²) in [6, 6.07) is 7.06. The Morgan fingerprint density at radius 2 is 2.26 bits per heavy atom. The fourth-order valence-corrected chi connectivity index (χ4v) is 1.92. The lowest BCUT2D eigenvalue weighted by molar-refractivity contribution is -0.660. The molecule has 6 nitrogen and oxygen atoms in total. The lowest BCUT2D eigenvalue weighted by Gasteiger charge is -2.05. The van der Waals surface area contributed by atoms with E-state index in [1.54, 1.807) is 17.5 Å². The first-order valence-electron chi connectivity index (χ1n) is 6.12. The molecule has 0 radical (unpaired) electrons. The number of hydrogen-bond donors (Lipinski definition) is 2. The molecule has 19 heavy (non-hydrogen) atoms. The summed E-state index contributed by atoms with van der Waals surface area (Å²) in [6.07, 6.45) is 0. The van der Waals surface area contributed by atoms with Crippen molar-refractivity contribution in [1.29, 1.82) is 0 Å². The van der Waals surface area contributed by atoms with Gasteiger partial charge in [0.25, 0.3) is 11.5 Å². The molecule has 100 valence electrons. The number of nitrogens with zero attached hydrogens (tertiary/aromatic N) is 2. The summed E-state index contributed by atoms with van der Waals surface area (Å²) in [4.78, 5) is 27.5. The topological polar surface area (TPSA) is 80.1 Å². The number of likely N-dealkylation sites (N-methyl/N-ethyl adjacent to an activating group) is 1. The van der Waals surface area contributed by atoms with Gasteiger partial charge in [0.2, 0.25) is 0 Å². The van der Waals surface area contributed by atoms with Gasteiger partial charge < -0.3 is 10.6 Å². The molecule has 2 rings (SSSR count). The van der Waals surface area contributed by atoms with Gasteiger partial charge in [0.05, 0.1) is 0 Å². The number of hydrogen-bond acceptors (Lipinski definition) is 3. The van der Waals surface area contributed by atoms with E-state index in [-0.39, 0.29) is 11.5 Å². The number of carbonyl (C=O) groups excluding carboxylic acids is 1. The normalized spacial score (nSPS) is 10.6. The quantitative estimate of drug-likeness (QED) is 0.726. The SMILES string of the molecule is CNC(=O)C[NH2+]Cc1cc(=O)n2c(C)cccc2n1. The van der Waals surface area contributed by atoms with Gasteiger partial charge in [-0.3, -0.25) is 14.0 Å². The van der Waals surface area contributed by atoms with Crippen LogP contribution in [-0.2, 0) is 11.3 Å². The minimum atomic E-state index is -0.0913. The summed E-state index contributed by atoms with van der Waals surface area (Å²) >= 11 is 0. The molecule has 3 N–H and O–H groups in total. The van der Waals surface area contributed by atoms with E-state index in [1.807, 2.05) is 24.4 Å². The Kier molecular flexibility index (Phi) is 3.91. The van der Waals surface area contributed by atoms with Gasteiger partial charge >= 0.3 is 0 Å². The van der Waals surface area contributed by atoms with Gasteiger partial charge in [0.1, 0.15) is 17.9 Å². The second kappa shape index (κ2) is 5.62. The molecule has 0 aliphatic rings. The number of carbonyl (C=O) groups is 1. The van der Waals surface area contributed by atoms with Crippen LogP contribution in [0.2, 0.25) is 0 Å². The predicted octanol–water partition coefficient (Wildman–Crippen LogP) is -1.19. The van der Waals surface area contributed by atoms with Gasteiger partial charge in [0.15, 0.2) is 6.54 Å². The number of aryl methyl sites for hydroxylation is 1. The number of pyridine rings is 1. The van der Waals surface area contributed by atoms with Gasteiger partial charge in [-0.1, -0.05) is 6.07 Å². The number of aromatic nitrogens is 2. The maximum absolute atomic E-state index is 12.0. The third-order valence-electron chi connectivity index (χ3n) is 2.90. The Labute approximate surface area is 110 Å². The molecule has 0 aliphatic heterocycles. The van der Waals surface area contributed by atoms with Crippen LogP contribution in [0.5, 0.6) is 0 Å². The van der Waals surface area contributed by atoms with Crippen LogP contribution in [0.4, 0.5) is 0 Å². The van der Waals surface area contributed by atoms with Crippen molar-refractivity contribution in [3.63, 3.8) is 0 Å². The van der Waals surface area contributed by atoms with Crippen molar-refractivity contribution in [2.24, 2.45) is 0 Å². The van der Waals surface area contributed by atoms with Crippen molar-refractivity contribution in [3.8, 4) is 0 Å². The number of quaternary nitrogens is 1. The number of amides is 1. The predicted molar refractivity (Wildman–Crippen MR) is 70.8 cm³/mol. The van der Waals surface area contributed by atoms with E-state index >= 15 is 0 Å². The van der Waals surface area contributed by atoms with Crippen LogP contribution in [0.3, 0.4) is 0 Å². The maximum Gasteiger partial charge on any atom is 0.274 e. The van der Waals surface area contributed by atoms with E-state index in [4.69, 9.17) is 0 Å². The molecular weight excluding hydrogens is 244 g/mol. The van der Waals surface area contributed by atoms with Gasteiger partial charge in [0, 0.05) is 18.8 Å². The second-order valence-electron chi connectivity index (χ2n) is 4.32. The first kappa shape index (κ1) is 13.2. The average molecular weight is 261 g/mol. The highest BCUT2D eigenvalue weighted by Crippen LogP contribution is 2.01. The van der Waals surface area contributed by atoms with E-state index in [9.17, 15) is 9.59 Å². The van der Waals surface area contributed by atoms with Crippen LogP contribution in [0.15, 0.2) is 29.1 Å². The Morgan fingerprint density at radius 3 is 3.00 bits per heavy atom. The van der Waals surface area contributed by atoms with Crippen molar-refractivity contribution >= 4 is 11.6 Å². The zero-order valence-electron chi connectivity index (χ0n) is 11.0. The van der Waals surface area contributed by atoms with Gasteiger partial charge in [-0.2, -0.15) is 0 Å². The van der Waals surface area contributed by atoms with E-state index in [2.05, 4.69) is 10.3 Å². The van der Waals surface area contributed by atoms with Gasteiger partial charge in [-0.15, -0.1) is 0 Å².